The smallest absolute Gasteiger partial charge is 0.128 e. The summed E-state index contributed by atoms with van der Waals surface area (Å²) >= 11 is 0. The summed E-state index contributed by atoms with van der Waals surface area (Å²) in [6.07, 6.45) is 6.40. The molecular formula is C14H18N2O. The molecule has 3 rings (SSSR count). The lowest BCUT2D eigenvalue weighted by molar-refractivity contribution is 0.419. The van der Waals surface area contributed by atoms with E-state index in [0.717, 1.165) is 29.5 Å². The number of nitrogens with one attached hydrogen (secondary N) is 1. The zero-order valence-corrected chi connectivity index (χ0v) is 10.1. The van der Waals surface area contributed by atoms with Gasteiger partial charge in [0, 0.05) is 22.6 Å². The minimum absolute atomic E-state index is 0.123. The van der Waals surface area contributed by atoms with Crippen molar-refractivity contribution in [1.29, 1.82) is 0 Å². The van der Waals surface area contributed by atoms with E-state index in [1.807, 2.05) is 12.3 Å². The molecule has 0 amide bonds. The van der Waals surface area contributed by atoms with Crippen LogP contribution in [0.1, 0.15) is 24.8 Å². The van der Waals surface area contributed by atoms with Crippen LogP contribution >= 0.6 is 0 Å². The Kier molecular flexibility index (Phi) is 2.37. The van der Waals surface area contributed by atoms with Crippen molar-refractivity contribution in [2.24, 2.45) is 5.73 Å². The third-order valence-electron chi connectivity index (χ3n) is 3.71. The van der Waals surface area contributed by atoms with E-state index in [1.54, 1.807) is 7.11 Å². The lowest BCUT2D eigenvalue weighted by Crippen LogP contribution is -2.22. The minimum Gasteiger partial charge on any atom is -0.496 e. The maximum atomic E-state index is 6.12. The van der Waals surface area contributed by atoms with Crippen LogP contribution in [-0.2, 0) is 6.42 Å². The van der Waals surface area contributed by atoms with Crippen LogP contribution in [0.5, 0.6) is 5.75 Å². The van der Waals surface area contributed by atoms with Crippen LogP contribution in [0, 0.1) is 0 Å². The summed E-state index contributed by atoms with van der Waals surface area (Å²) in [5, 5.41) is 1.14. The lowest BCUT2D eigenvalue weighted by atomic mass is 10.0. The molecule has 0 bridgehead atoms. The molecule has 1 heterocycles. The number of rotatable bonds is 4. The Balaban J connectivity index is 1.88. The number of ether oxygens (including phenoxy) is 1. The summed E-state index contributed by atoms with van der Waals surface area (Å²) in [6, 6.07) is 6.37. The van der Waals surface area contributed by atoms with Gasteiger partial charge >= 0.3 is 0 Å². The van der Waals surface area contributed by atoms with Crippen molar-refractivity contribution >= 4 is 10.9 Å². The molecule has 1 aromatic heterocycles. The number of fused-ring (bicyclic) bond motifs is 1. The summed E-state index contributed by atoms with van der Waals surface area (Å²) in [6.45, 7) is 0. The summed E-state index contributed by atoms with van der Waals surface area (Å²) in [4.78, 5) is 3.24. The van der Waals surface area contributed by atoms with Crippen molar-refractivity contribution in [3.8, 4) is 5.75 Å². The number of aromatic amines is 1. The number of hydrogen-bond acceptors (Lipinski definition) is 2. The first-order chi connectivity index (χ1) is 8.20. The van der Waals surface area contributed by atoms with Crippen molar-refractivity contribution in [2.75, 3.05) is 7.11 Å². The number of aromatic nitrogens is 1. The number of hydrogen-bond donors (Lipinski definition) is 2. The molecule has 1 aliphatic rings. The van der Waals surface area contributed by atoms with Crippen LogP contribution in [0.25, 0.3) is 10.9 Å². The third-order valence-corrected chi connectivity index (χ3v) is 3.71. The van der Waals surface area contributed by atoms with Gasteiger partial charge in [-0.1, -0.05) is 0 Å². The Morgan fingerprint density at radius 2 is 2.24 bits per heavy atom. The van der Waals surface area contributed by atoms with Gasteiger partial charge in [-0.25, -0.2) is 0 Å². The molecule has 0 radical (unpaired) electrons. The predicted octanol–water partition coefficient (Wildman–Crippen LogP) is 2.60. The minimum atomic E-state index is 0.123. The Hall–Kier alpha value is -1.48. The Morgan fingerprint density at radius 1 is 1.41 bits per heavy atom. The van der Waals surface area contributed by atoms with Crippen molar-refractivity contribution in [1.82, 2.24) is 4.98 Å². The molecule has 0 saturated heterocycles. The molecule has 3 nitrogen and oxygen atoms in total. The largest absolute Gasteiger partial charge is 0.496 e. The van der Waals surface area contributed by atoms with Gasteiger partial charge in [-0.2, -0.15) is 0 Å². The lowest BCUT2D eigenvalue weighted by Gasteiger charge is -2.10. The quantitative estimate of drug-likeness (QED) is 0.848. The van der Waals surface area contributed by atoms with E-state index >= 15 is 0 Å². The van der Waals surface area contributed by atoms with E-state index in [0.29, 0.717) is 0 Å². The number of H-pyrrole nitrogens is 1. The first-order valence-corrected chi connectivity index (χ1v) is 6.13. The maximum absolute atomic E-state index is 6.12. The first-order valence-electron chi connectivity index (χ1n) is 6.13. The molecule has 1 aromatic carbocycles. The van der Waals surface area contributed by atoms with Gasteiger partial charge in [0.2, 0.25) is 0 Å². The molecule has 0 aliphatic heterocycles. The average molecular weight is 230 g/mol. The van der Waals surface area contributed by atoms with E-state index in [4.69, 9.17) is 10.5 Å². The highest BCUT2D eigenvalue weighted by atomic mass is 16.5. The molecule has 0 atom stereocenters. The zero-order valence-electron chi connectivity index (χ0n) is 10.1. The molecule has 1 fully saturated rings. The Labute approximate surface area is 101 Å². The van der Waals surface area contributed by atoms with E-state index in [9.17, 15) is 0 Å². The van der Waals surface area contributed by atoms with Gasteiger partial charge in [-0.15, -0.1) is 0 Å². The Bertz CT molecular complexity index is 540. The highest BCUT2D eigenvalue weighted by Crippen LogP contribution is 2.37. The third kappa shape index (κ3) is 2.03. The van der Waals surface area contributed by atoms with E-state index in [1.165, 1.54) is 18.4 Å². The topological polar surface area (TPSA) is 51.0 Å². The Morgan fingerprint density at radius 3 is 2.94 bits per heavy atom. The maximum Gasteiger partial charge on any atom is 0.128 e. The molecule has 1 aliphatic carbocycles. The normalized spacial score (nSPS) is 17.3. The molecule has 17 heavy (non-hydrogen) atoms. The second-order valence-electron chi connectivity index (χ2n) is 5.10. The molecular weight excluding hydrogens is 212 g/mol. The standard InChI is InChI=1S/C14H18N2O/c1-17-13-9-10(2-4-14(15)5-6-14)8-12-11(13)3-7-16-12/h3,7-9,16H,2,4-6,15H2,1H3. The van der Waals surface area contributed by atoms with Gasteiger partial charge in [-0.05, 0) is 49.4 Å². The molecule has 2 aromatic rings. The number of methoxy groups -OCH3 is 1. The first kappa shape index (κ1) is 10.7. The highest BCUT2D eigenvalue weighted by Gasteiger charge is 2.37. The van der Waals surface area contributed by atoms with Gasteiger partial charge in [0.05, 0.1) is 7.11 Å². The summed E-state index contributed by atoms with van der Waals surface area (Å²) in [5.74, 6) is 0.945. The van der Waals surface area contributed by atoms with Crippen molar-refractivity contribution < 1.29 is 4.74 Å². The fourth-order valence-corrected chi connectivity index (χ4v) is 2.31. The summed E-state index contributed by atoms with van der Waals surface area (Å²) in [7, 11) is 1.72. The monoisotopic (exact) mass is 230 g/mol. The van der Waals surface area contributed by atoms with Crippen LogP contribution in [0.2, 0.25) is 0 Å². The number of aryl methyl sites for hydroxylation is 1. The van der Waals surface area contributed by atoms with Crippen molar-refractivity contribution in [3.63, 3.8) is 0 Å². The van der Waals surface area contributed by atoms with Crippen molar-refractivity contribution in [2.45, 2.75) is 31.2 Å². The molecule has 3 N–H and O–H groups in total. The highest BCUT2D eigenvalue weighted by molar-refractivity contribution is 5.86. The molecule has 0 spiro atoms. The average Bonchev–Trinajstić information content (AvgIpc) is 2.90. The van der Waals surface area contributed by atoms with Crippen LogP contribution in [0.4, 0.5) is 0 Å². The van der Waals surface area contributed by atoms with Gasteiger partial charge < -0.3 is 15.5 Å². The molecule has 90 valence electrons. The zero-order chi connectivity index (χ0) is 11.9. The predicted molar refractivity (Wildman–Crippen MR) is 69.3 cm³/mol. The second-order valence-corrected chi connectivity index (χ2v) is 5.10. The summed E-state index contributed by atoms with van der Waals surface area (Å²) in [5.41, 5.74) is 8.68. The fourth-order valence-electron chi connectivity index (χ4n) is 2.31. The molecule has 0 unspecified atom stereocenters. The van der Waals surface area contributed by atoms with Gasteiger partial charge in [0.25, 0.3) is 0 Å². The number of benzene rings is 1. The molecule has 1 saturated carbocycles. The fraction of sp³-hybridized carbons (Fsp3) is 0.429. The van der Waals surface area contributed by atoms with E-state index < -0.39 is 0 Å². The van der Waals surface area contributed by atoms with Gasteiger partial charge in [-0.3, -0.25) is 0 Å². The summed E-state index contributed by atoms with van der Waals surface area (Å²) < 4.78 is 5.42. The number of nitrogens with two attached hydrogens (primary N) is 1. The van der Waals surface area contributed by atoms with Gasteiger partial charge in [0.1, 0.15) is 5.75 Å². The SMILES string of the molecule is COc1cc(CCC2(N)CC2)cc2[nH]ccc12. The van der Waals surface area contributed by atoms with E-state index in [2.05, 4.69) is 17.1 Å². The van der Waals surface area contributed by atoms with Gasteiger partial charge in [0.15, 0.2) is 0 Å². The second kappa shape index (κ2) is 3.77. The van der Waals surface area contributed by atoms with Crippen molar-refractivity contribution in [3.05, 3.63) is 30.0 Å². The molecule has 3 heteroatoms. The van der Waals surface area contributed by atoms with Crippen LogP contribution in [0.3, 0.4) is 0 Å². The van der Waals surface area contributed by atoms with Crippen LogP contribution < -0.4 is 10.5 Å². The van der Waals surface area contributed by atoms with E-state index in [-0.39, 0.29) is 5.54 Å². The van der Waals surface area contributed by atoms with Crippen LogP contribution in [-0.4, -0.2) is 17.6 Å². The van der Waals surface area contributed by atoms with Crippen LogP contribution in [0.15, 0.2) is 24.4 Å².